The van der Waals surface area contributed by atoms with Crippen LogP contribution in [0.4, 0.5) is 0 Å². The zero-order valence-electron chi connectivity index (χ0n) is 11.1. The lowest BCUT2D eigenvalue weighted by molar-refractivity contribution is -0.145. The Bertz CT molecular complexity index is 422. The van der Waals surface area contributed by atoms with E-state index in [1.54, 1.807) is 0 Å². The first kappa shape index (κ1) is 13.1. The molecule has 0 saturated carbocycles. The number of nitrogens with zero attached hydrogens (tertiary/aromatic N) is 2. The second kappa shape index (κ2) is 5.10. The summed E-state index contributed by atoms with van der Waals surface area (Å²) in [5.41, 5.74) is 0.877. The highest BCUT2D eigenvalue weighted by molar-refractivity contribution is 5.73. The second-order valence-corrected chi connectivity index (χ2v) is 5.20. The number of hydrogen-bond donors (Lipinski definition) is 1. The van der Waals surface area contributed by atoms with Crippen molar-refractivity contribution in [1.29, 1.82) is 0 Å². The van der Waals surface area contributed by atoms with E-state index in [1.807, 2.05) is 18.7 Å². The van der Waals surface area contributed by atoms with E-state index >= 15 is 0 Å². The maximum atomic E-state index is 11.3. The number of aryl methyl sites for hydroxylation is 2. The Labute approximate surface area is 107 Å². The summed E-state index contributed by atoms with van der Waals surface area (Å²) in [6, 6.07) is -0.415. The molecular weight excluding hydrogens is 232 g/mol. The zero-order chi connectivity index (χ0) is 13.3. The lowest BCUT2D eigenvalue weighted by Crippen LogP contribution is -2.46. The number of oxazole rings is 1. The Kier molecular flexibility index (Phi) is 3.71. The van der Waals surface area contributed by atoms with E-state index in [9.17, 15) is 9.90 Å². The summed E-state index contributed by atoms with van der Waals surface area (Å²) in [5.74, 6) is 1.14. The number of aliphatic carboxylic acids is 1. The van der Waals surface area contributed by atoms with Gasteiger partial charge in [0.1, 0.15) is 11.8 Å². The highest BCUT2D eigenvalue weighted by Crippen LogP contribution is 2.24. The van der Waals surface area contributed by atoms with Crippen LogP contribution in [0.5, 0.6) is 0 Å². The average Bonchev–Trinajstić information content (AvgIpc) is 2.60. The molecule has 2 atom stereocenters. The maximum absolute atomic E-state index is 11.3. The number of rotatable bonds is 3. The molecule has 1 N–H and O–H groups in total. The molecule has 0 spiro atoms. The minimum Gasteiger partial charge on any atom is -0.480 e. The van der Waals surface area contributed by atoms with Crippen LogP contribution in [0.25, 0.3) is 0 Å². The number of hydrogen-bond acceptors (Lipinski definition) is 4. The predicted molar refractivity (Wildman–Crippen MR) is 66.2 cm³/mol. The summed E-state index contributed by atoms with van der Waals surface area (Å²) in [7, 11) is 0. The van der Waals surface area contributed by atoms with E-state index in [-0.39, 0.29) is 0 Å². The van der Waals surface area contributed by atoms with Gasteiger partial charge in [-0.3, -0.25) is 9.69 Å². The summed E-state index contributed by atoms with van der Waals surface area (Å²) in [6.45, 7) is 7.15. The van der Waals surface area contributed by atoms with Crippen molar-refractivity contribution in [2.24, 2.45) is 5.92 Å². The van der Waals surface area contributed by atoms with Crippen LogP contribution in [0.3, 0.4) is 0 Å². The first-order valence-electron chi connectivity index (χ1n) is 6.37. The summed E-state index contributed by atoms with van der Waals surface area (Å²) in [4.78, 5) is 17.5. The van der Waals surface area contributed by atoms with Crippen LogP contribution in [0, 0.1) is 19.8 Å². The van der Waals surface area contributed by atoms with Gasteiger partial charge in [-0.25, -0.2) is 4.98 Å². The molecule has 1 fully saturated rings. The standard InChI is InChI=1S/C13H20N2O3/c1-8-4-5-15(11(6-8)13(16)17)7-12-14-9(2)10(3)18-12/h8,11H,4-7H2,1-3H3,(H,16,17). The number of carbonyl (C=O) groups is 1. The van der Waals surface area contributed by atoms with Crippen LogP contribution in [-0.2, 0) is 11.3 Å². The summed E-state index contributed by atoms with van der Waals surface area (Å²) in [5, 5.41) is 9.27. The van der Waals surface area contributed by atoms with E-state index in [0.29, 0.717) is 24.8 Å². The molecule has 0 amide bonds. The number of piperidine rings is 1. The van der Waals surface area contributed by atoms with Crippen molar-refractivity contribution in [2.45, 2.75) is 46.2 Å². The van der Waals surface area contributed by atoms with Crippen molar-refractivity contribution >= 4 is 5.97 Å². The Morgan fingerprint density at radius 1 is 1.56 bits per heavy atom. The van der Waals surface area contributed by atoms with E-state index in [4.69, 9.17) is 4.42 Å². The van der Waals surface area contributed by atoms with E-state index in [2.05, 4.69) is 11.9 Å². The van der Waals surface area contributed by atoms with Crippen molar-refractivity contribution in [2.75, 3.05) is 6.54 Å². The molecule has 1 aliphatic heterocycles. The molecule has 2 unspecified atom stereocenters. The fourth-order valence-corrected chi connectivity index (χ4v) is 2.42. The van der Waals surface area contributed by atoms with Crippen LogP contribution in [0.2, 0.25) is 0 Å². The summed E-state index contributed by atoms with van der Waals surface area (Å²) < 4.78 is 5.53. The third-order valence-corrected chi connectivity index (χ3v) is 3.67. The minimum atomic E-state index is -0.749. The highest BCUT2D eigenvalue weighted by Gasteiger charge is 2.32. The Morgan fingerprint density at radius 3 is 2.83 bits per heavy atom. The first-order valence-corrected chi connectivity index (χ1v) is 6.37. The van der Waals surface area contributed by atoms with E-state index in [0.717, 1.165) is 24.4 Å². The normalized spacial score (nSPS) is 25.3. The smallest absolute Gasteiger partial charge is 0.320 e. The largest absolute Gasteiger partial charge is 0.480 e. The second-order valence-electron chi connectivity index (χ2n) is 5.20. The molecule has 100 valence electrons. The summed E-state index contributed by atoms with van der Waals surface area (Å²) >= 11 is 0. The molecule has 0 aliphatic carbocycles. The van der Waals surface area contributed by atoms with Gasteiger partial charge in [-0.2, -0.15) is 0 Å². The van der Waals surface area contributed by atoms with Gasteiger partial charge in [0, 0.05) is 0 Å². The third kappa shape index (κ3) is 2.72. The molecule has 18 heavy (non-hydrogen) atoms. The van der Waals surface area contributed by atoms with Gasteiger partial charge in [0.05, 0.1) is 12.2 Å². The third-order valence-electron chi connectivity index (χ3n) is 3.67. The molecule has 1 aromatic rings. The van der Waals surface area contributed by atoms with Crippen LogP contribution >= 0.6 is 0 Å². The molecule has 1 aromatic heterocycles. The van der Waals surface area contributed by atoms with Gasteiger partial charge >= 0.3 is 5.97 Å². The van der Waals surface area contributed by atoms with Gasteiger partial charge in [0.25, 0.3) is 0 Å². The van der Waals surface area contributed by atoms with Gasteiger partial charge in [0.15, 0.2) is 0 Å². The predicted octanol–water partition coefficient (Wildman–Crippen LogP) is 1.98. The monoisotopic (exact) mass is 252 g/mol. The van der Waals surface area contributed by atoms with E-state index < -0.39 is 12.0 Å². The molecule has 5 heteroatoms. The minimum absolute atomic E-state index is 0.415. The molecular formula is C13H20N2O3. The van der Waals surface area contributed by atoms with Gasteiger partial charge < -0.3 is 9.52 Å². The lowest BCUT2D eigenvalue weighted by Gasteiger charge is -2.35. The van der Waals surface area contributed by atoms with Crippen LogP contribution in [0.15, 0.2) is 4.42 Å². The molecule has 2 heterocycles. The number of aromatic nitrogens is 1. The highest BCUT2D eigenvalue weighted by atomic mass is 16.4. The maximum Gasteiger partial charge on any atom is 0.320 e. The molecule has 2 rings (SSSR count). The number of carboxylic acid groups (broad SMARTS) is 1. The van der Waals surface area contributed by atoms with Gasteiger partial charge in [-0.1, -0.05) is 6.92 Å². The molecule has 0 aromatic carbocycles. The van der Waals surface area contributed by atoms with Crippen LogP contribution < -0.4 is 0 Å². The van der Waals surface area contributed by atoms with Crippen molar-refractivity contribution in [3.05, 3.63) is 17.3 Å². The topological polar surface area (TPSA) is 66.6 Å². The van der Waals surface area contributed by atoms with Gasteiger partial charge in [0.2, 0.25) is 5.89 Å². The van der Waals surface area contributed by atoms with Crippen molar-refractivity contribution in [1.82, 2.24) is 9.88 Å². The zero-order valence-corrected chi connectivity index (χ0v) is 11.1. The first-order chi connectivity index (χ1) is 8.47. The molecule has 0 bridgehead atoms. The quantitative estimate of drug-likeness (QED) is 0.891. The molecule has 1 saturated heterocycles. The summed E-state index contributed by atoms with van der Waals surface area (Å²) in [6.07, 6.45) is 1.73. The van der Waals surface area contributed by atoms with Crippen molar-refractivity contribution in [3.8, 4) is 0 Å². The number of carboxylic acids is 1. The SMILES string of the molecule is Cc1nc(CN2CCC(C)CC2C(=O)O)oc1C. The van der Waals surface area contributed by atoms with Crippen molar-refractivity contribution in [3.63, 3.8) is 0 Å². The number of likely N-dealkylation sites (tertiary alicyclic amines) is 1. The average molecular weight is 252 g/mol. The van der Waals surface area contributed by atoms with Crippen molar-refractivity contribution < 1.29 is 14.3 Å². The fourth-order valence-electron chi connectivity index (χ4n) is 2.42. The molecule has 1 aliphatic rings. The van der Waals surface area contributed by atoms with E-state index in [1.165, 1.54) is 0 Å². The Balaban J connectivity index is 2.09. The van der Waals surface area contributed by atoms with Crippen LogP contribution in [-0.4, -0.2) is 33.5 Å². The van der Waals surface area contributed by atoms with Gasteiger partial charge in [-0.05, 0) is 39.2 Å². The van der Waals surface area contributed by atoms with Crippen LogP contribution in [0.1, 0.15) is 37.1 Å². The Morgan fingerprint density at radius 2 is 2.28 bits per heavy atom. The molecule has 5 nitrogen and oxygen atoms in total. The fraction of sp³-hybridized carbons (Fsp3) is 0.692. The van der Waals surface area contributed by atoms with Gasteiger partial charge in [-0.15, -0.1) is 0 Å². The Hall–Kier alpha value is -1.36. The molecule has 0 radical (unpaired) electrons. The lowest BCUT2D eigenvalue weighted by atomic mass is 9.92.